The molecule has 19 heavy (non-hydrogen) atoms. The van der Waals surface area contributed by atoms with E-state index in [9.17, 15) is 4.79 Å². The van der Waals surface area contributed by atoms with Crippen LogP contribution in [0.4, 0.5) is 0 Å². The van der Waals surface area contributed by atoms with Gasteiger partial charge in [0.2, 0.25) is 0 Å². The molecule has 1 saturated carbocycles. The van der Waals surface area contributed by atoms with Gasteiger partial charge in [0.25, 0.3) is 5.91 Å². The van der Waals surface area contributed by atoms with E-state index < -0.39 is 0 Å². The zero-order valence-corrected chi connectivity index (χ0v) is 10.8. The molecule has 0 saturated heterocycles. The van der Waals surface area contributed by atoms with Crippen LogP contribution in [0.3, 0.4) is 0 Å². The Hall–Kier alpha value is -2.23. The van der Waals surface area contributed by atoms with Gasteiger partial charge in [0, 0.05) is 11.6 Å². The molecule has 0 aliphatic heterocycles. The third-order valence-corrected chi connectivity index (χ3v) is 3.47. The van der Waals surface area contributed by atoms with Gasteiger partial charge >= 0.3 is 0 Å². The van der Waals surface area contributed by atoms with Gasteiger partial charge in [-0.15, -0.1) is 0 Å². The molecule has 1 fully saturated rings. The van der Waals surface area contributed by atoms with Crippen molar-refractivity contribution >= 4 is 5.91 Å². The van der Waals surface area contributed by atoms with Crippen LogP contribution in [0.15, 0.2) is 53.8 Å². The van der Waals surface area contributed by atoms with Crippen molar-refractivity contribution in [2.24, 2.45) is 10.4 Å². The van der Waals surface area contributed by atoms with E-state index in [4.69, 9.17) is 0 Å². The second kappa shape index (κ2) is 4.46. The predicted octanol–water partition coefficient (Wildman–Crippen LogP) is 2.10. The summed E-state index contributed by atoms with van der Waals surface area (Å²) in [6.07, 6.45) is 5.33. The highest BCUT2D eigenvalue weighted by atomic mass is 16.1. The van der Waals surface area contributed by atoms with Gasteiger partial charge in [0.1, 0.15) is 0 Å². The fourth-order valence-electron chi connectivity index (χ4n) is 1.80. The lowest BCUT2D eigenvalue weighted by atomic mass is 10.1. The number of carbonyl (C=O) groups is 1. The van der Waals surface area contributed by atoms with Crippen LogP contribution in [0, 0.1) is 5.41 Å². The van der Waals surface area contributed by atoms with Crippen molar-refractivity contribution < 1.29 is 4.79 Å². The zero-order valence-electron chi connectivity index (χ0n) is 10.8. The molecule has 0 bridgehead atoms. The first-order valence-corrected chi connectivity index (χ1v) is 6.37. The van der Waals surface area contributed by atoms with Crippen molar-refractivity contribution in [2.45, 2.75) is 19.8 Å². The largest absolute Gasteiger partial charge is 0.272 e. The molecule has 2 aromatic rings. The first-order valence-electron chi connectivity index (χ1n) is 6.37. The fraction of sp³-hybridized carbons (Fsp3) is 0.267. The number of nitrogens with zero attached hydrogens (tertiary/aromatic N) is 3. The summed E-state index contributed by atoms with van der Waals surface area (Å²) in [4.78, 5) is 16.0. The maximum Gasteiger partial charge on any atom is 0.252 e. The molecule has 0 N–H and O–H groups in total. The van der Waals surface area contributed by atoms with Crippen LogP contribution in [0.25, 0.3) is 5.69 Å². The Balaban J connectivity index is 1.87. The Kier molecular flexibility index (Phi) is 2.78. The molecule has 0 atom stereocenters. The van der Waals surface area contributed by atoms with Crippen LogP contribution in [-0.2, 0) is 4.79 Å². The van der Waals surface area contributed by atoms with E-state index in [1.807, 2.05) is 49.5 Å². The molecular formula is C15H15N3O. The van der Waals surface area contributed by atoms with E-state index in [1.54, 1.807) is 10.9 Å². The molecule has 1 heterocycles. The summed E-state index contributed by atoms with van der Waals surface area (Å²) in [6, 6.07) is 11.6. The minimum absolute atomic E-state index is 0.0354. The number of para-hydroxylation sites is 1. The van der Waals surface area contributed by atoms with Gasteiger partial charge in [-0.3, -0.25) is 4.79 Å². The smallest absolute Gasteiger partial charge is 0.252 e. The van der Waals surface area contributed by atoms with Crippen molar-refractivity contribution in [1.29, 1.82) is 0 Å². The van der Waals surface area contributed by atoms with Gasteiger partial charge in [0.15, 0.2) is 0 Å². The van der Waals surface area contributed by atoms with Crippen LogP contribution >= 0.6 is 0 Å². The van der Waals surface area contributed by atoms with Crippen LogP contribution in [0.2, 0.25) is 0 Å². The van der Waals surface area contributed by atoms with Gasteiger partial charge < -0.3 is 0 Å². The standard InChI is InChI=1S/C15H15N3O/c1-15(8-9-15)14(19)17-12-7-10-18(16-11-12)13-5-3-2-4-6-13/h2-7,10-11H,8-9H2,1H3/b17-12+. The van der Waals surface area contributed by atoms with Gasteiger partial charge in [-0.2, -0.15) is 5.10 Å². The molecule has 1 amide bonds. The van der Waals surface area contributed by atoms with Gasteiger partial charge in [0.05, 0.1) is 17.2 Å². The molecule has 1 aliphatic rings. The Labute approximate surface area is 111 Å². The van der Waals surface area contributed by atoms with Gasteiger partial charge in [-0.1, -0.05) is 25.1 Å². The highest BCUT2D eigenvalue weighted by molar-refractivity contribution is 5.85. The summed E-state index contributed by atoms with van der Waals surface area (Å²) in [7, 11) is 0. The van der Waals surface area contributed by atoms with E-state index in [0.29, 0.717) is 5.36 Å². The van der Waals surface area contributed by atoms with Crippen LogP contribution in [0.1, 0.15) is 19.8 Å². The first-order chi connectivity index (χ1) is 9.17. The normalized spacial score (nSPS) is 17.2. The summed E-state index contributed by atoms with van der Waals surface area (Å²) in [5.41, 5.74) is 0.764. The van der Waals surface area contributed by atoms with Crippen molar-refractivity contribution in [3.05, 3.63) is 54.1 Å². The maximum atomic E-state index is 11.9. The van der Waals surface area contributed by atoms with Crippen LogP contribution in [-0.4, -0.2) is 15.7 Å². The highest BCUT2D eigenvalue weighted by Crippen LogP contribution is 2.45. The second-order valence-corrected chi connectivity index (χ2v) is 5.14. The monoisotopic (exact) mass is 253 g/mol. The average Bonchev–Trinajstić information content (AvgIpc) is 3.20. The highest BCUT2D eigenvalue weighted by Gasteiger charge is 2.44. The molecule has 3 rings (SSSR count). The average molecular weight is 253 g/mol. The van der Waals surface area contributed by atoms with Crippen molar-refractivity contribution in [3.63, 3.8) is 0 Å². The lowest BCUT2D eigenvalue weighted by molar-refractivity contribution is -0.122. The third-order valence-electron chi connectivity index (χ3n) is 3.47. The summed E-state index contributed by atoms with van der Waals surface area (Å²) in [5.74, 6) is -0.0354. The number of amides is 1. The molecule has 96 valence electrons. The minimum atomic E-state index is -0.217. The molecule has 4 heteroatoms. The quantitative estimate of drug-likeness (QED) is 0.822. The Morgan fingerprint density at radius 3 is 2.58 bits per heavy atom. The first kappa shape index (κ1) is 11.8. The summed E-state index contributed by atoms with van der Waals surface area (Å²) in [5, 5.41) is 4.89. The van der Waals surface area contributed by atoms with Crippen LogP contribution < -0.4 is 5.36 Å². The molecule has 4 nitrogen and oxygen atoms in total. The lowest BCUT2D eigenvalue weighted by Crippen LogP contribution is -2.15. The Morgan fingerprint density at radius 1 is 1.26 bits per heavy atom. The van der Waals surface area contributed by atoms with Gasteiger partial charge in [-0.25, -0.2) is 9.67 Å². The number of hydrogen-bond acceptors (Lipinski definition) is 2. The maximum absolute atomic E-state index is 11.9. The Bertz CT molecular complexity index is 649. The van der Waals surface area contributed by atoms with E-state index in [-0.39, 0.29) is 11.3 Å². The molecule has 1 aromatic carbocycles. The van der Waals surface area contributed by atoms with Crippen molar-refractivity contribution in [3.8, 4) is 5.69 Å². The number of carbonyl (C=O) groups excluding carboxylic acids is 1. The number of hydrogen-bond donors (Lipinski definition) is 0. The Morgan fingerprint density at radius 2 is 2.00 bits per heavy atom. The number of benzene rings is 1. The minimum Gasteiger partial charge on any atom is -0.272 e. The van der Waals surface area contributed by atoms with E-state index in [2.05, 4.69) is 10.1 Å². The molecule has 1 aromatic heterocycles. The SMILES string of the molecule is CC1(C(=O)/N=c2\ccn(-c3ccccc3)nc2)CC1. The van der Waals surface area contributed by atoms with E-state index in [0.717, 1.165) is 18.5 Å². The van der Waals surface area contributed by atoms with E-state index in [1.165, 1.54) is 0 Å². The summed E-state index contributed by atoms with van der Waals surface area (Å²) in [6.45, 7) is 1.96. The second-order valence-electron chi connectivity index (χ2n) is 5.14. The molecular weight excluding hydrogens is 238 g/mol. The number of rotatable bonds is 2. The zero-order chi connectivity index (χ0) is 13.3. The lowest BCUT2D eigenvalue weighted by Gasteiger charge is -2.04. The number of aromatic nitrogens is 2. The van der Waals surface area contributed by atoms with Crippen LogP contribution in [0.5, 0.6) is 0 Å². The summed E-state index contributed by atoms with van der Waals surface area (Å²) >= 11 is 0. The summed E-state index contributed by atoms with van der Waals surface area (Å²) < 4.78 is 1.75. The van der Waals surface area contributed by atoms with Gasteiger partial charge in [-0.05, 0) is 31.0 Å². The molecule has 0 unspecified atom stereocenters. The van der Waals surface area contributed by atoms with E-state index >= 15 is 0 Å². The molecule has 0 spiro atoms. The fourth-order valence-corrected chi connectivity index (χ4v) is 1.80. The third kappa shape index (κ3) is 2.47. The molecule has 1 aliphatic carbocycles. The van der Waals surface area contributed by atoms with Crippen molar-refractivity contribution in [2.75, 3.05) is 0 Å². The molecule has 0 radical (unpaired) electrons. The van der Waals surface area contributed by atoms with Crippen molar-refractivity contribution in [1.82, 2.24) is 9.78 Å². The predicted molar refractivity (Wildman–Crippen MR) is 71.5 cm³/mol. The topological polar surface area (TPSA) is 47.2 Å².